The normalized spacial score (nSPS) is 17.5. The zero-order chi connectivity index (χ0) is 19.8. The molecule has 1 aliphatic carbocycles. The molecule has 5 rings (SSSR count). The Morgan fingerprint density at radius 2 is 1.59 bits per heavy atom. The molecule has 1 saturated carbocycles. The first-order valence-electron chi connectivity index (χ1n) is 10.3. The second-order valence-corrected chi connectivity index (χ2v) is 8.37. The number of amides is 1. The number of rotatable bonds is 4. The summed E-state index contributed by atoms with van der Waals surface area (Å²) in [6.45, 7) is 1.45. The van der Waals surface area contributed by atoms with Gasteiger partial charge in [-0.25, -0.2) is 9.97 Å². The van der Waals surface area contributed by atoms with Crippen LogP contribution in [0, 0.1) is 0 Å². The number of piperidine rings is 1. The van der Waals surface area contributed by atoms with Crippen LogP contribution in [0.2, 0.25) is 5.02 Å². The summed E-state index contributed by atoms with van der Waals surface area (Å²) in [4.78, 5) is 24.6. The van der Waals surface area contributed by atoms with Gasteiger partial charge in [0, 0.05) is 35.6 Å². The van der Waals surface area contributed by atoms with Crippen LogP contribution in [0.5, 0.6) is 0 Å². The number of anilines is 1. The number of fused-ring (bicyclic) bond motifs is 1. The van der Waals surface area contributed by atoms with E-state index in [1.807, 2.05) is 29.2 Å². The van der Waals surface area contributed by atoms with Crippen molar-refractivity contribution in [3.05, 3.63) is 64.8 Å². The Labute approximate surface area is 175 Å². The van der Waals surface area contributed by atoms with Gasteiger partial charge in [0.05, 0.1) is 16.7 Å². The predicted molar refractivity (Wildman–Crippen MR) is 116 cm³/mol. The minimum atomic E-state index is 0.0704. The van der Waals surface area contributed by atoms with E-state index < -0.39 is 0 Å². The van der Waals surface area contributed by atoms with E-state index in [4.69, 9.17) is 21.6 Å². The van der Waals surface area contributed by atoms with Crippen molar-refractivity contribution in [1.29, 1.82) is 0 Å². The molecule has 3 aromatic rings. The maximum atomic E-state index is 12.8. The summed E-state index contributed by atoms with van der Waals surface area (Å²) >= 11 is 5.94. The van der Waals surface area contributed by atoms with Gasteiger partial charge >= 0.3 is 0 Å². The molecule has 0 unspecified atom stereocenters. The largest absolute Gasteiger partial charge is 0.366 e. The number of aromatic nitrogens is 2. The quantitative estimate of drug-likeness (QED) is 0.671. The Kier molecular flexibility index (Phi) is 4.84. The highest BCUT2D eigenvalue weighted by Gasteiger charge is 2.30. The van der Waals surface area contributed by atoms with E-state index in [0.29, 0.717) is 22.5 Å². The Morgan fingerprint density at radius 1 is 0.931 bits per heavy atom. The number of likely N-dealkylation sites (tertiary alicyclic amines) is 1. The molecule has 5 nitrogen and oxygen atoms in total. The van der Waals surface area contributed by atoms with E-state index in [-0.39, 0.29) is 5.91 Å². The Balaban J connectivity index is 1.35. The van der Waals surface area contributed by atoms with Crippen molar-refractivity contribution in [3.63, 3.8) is 0 Å². The van der Waals surface area contributed by atoms with Crippen molar-refractivity contribution in [2.75, 3.05) is 18.4 Å². The third kappa shape index (κ3) is 3.92. The third-order valence-corrected chi connectivity index (χ3v) is 6.03. The molecule has 1 aromatic heterocycles. The minimum absolute atomic E-state index is 0.0704. The van der Waals surface area contributed by atoms with Gasteiger partial charge in [0.1, 0.15) is 5.82 Å². The lowest BCUT2D eigenvalue weighted by Crippen LogP contribution is -2.38. The molecular formula is C23H23ClN4O. The lowest BCUT2D eigenvalue weighted by Gasteiger charge is -2.32. The molecule has 148 valence electrons. The average molecular weight is 407 g/mol. The molecular weight excluding hydrogens is 384 g/mol. The summed E-state index contributed by atoms with van der Waals surface area (Å²) < 4.78 is 0. The molecule has 0 spiro atoms. The van der Waals surface area contributed by atoms with Gasteiger partial charge in [0.2, 0.25) is 0 Å². The Hall–Kier alpha value is -2.66. The fourth-order valence-corrected chi connectivity index (χ4v) is 4.08. The van der Waals surface area contributed by atoms with Crippen molar-refractivity contribution >= 4 is 34.4 Å². The van der Waals surface area contributed by atoms with Crippen LogP contribution in [-0.4, -0.2) is 39.9 Å². The summed E-state index contributed by atoms with van der Waals surface area (Å²) in [5.41, 5.74) is 3.60. The number of benzene rings is 2. The van der Waals surface area contributed by atoms with E-state index >= 15 is 0 Å². The molecule has 1 amide bonds. The van der Waals surface area contributed by atoms with Crippen molar-refractivity contribution in [3.8, 4) is 0 Å². The van der Waals surface area contributed by atoms with Gasteiger partial charge in [-0.1, -0.05) is 23.7 Å². The number of nitrogens with one attached hydrogen (secondary N) is 1. The number of nitrogens with zero attached hydrogens (tertiary/aromatic N) is 3. The van der Waals surface area contributed by atoms with Crippen LogP contribution in [0.15, 0.2) is 48.5 Å². The van der Waals surface area contributed by atoms with Crippen molar-refractivity contribution in [1.82, 2.24) is 14.9 Å². The maximum Gasteiger partial charge on any atom is 0.253 e. The summed E-state index contributed by atoms with van der Waals surface area (Å²) in [7, 11) is 0. The second kappa shape index (κ2) is 7.64. The summed E-state index contributed by atoms with van der Waals surface area (Å²) in [6, 6.07) is 15.7. The van der Waals surface area contributed by atoms with E-state index in [9.17, 15) is 4.79 Å². The standard InChI is InChI=1S/C23H23ClN4O/c24-17-7-5-16(6-8-17)23(29)28-13-11-15(12-14-28)21-22(25-18-9-10-18)27-20-4-2-1-3-19(20)26-21/h1-8,15,18H,9-14H2,(H,25,27). The van der Waals surface area contributed by atoms with Crippen LogP contribution >= 0.6 is 11.6 Å². The van der Waals surface area contributed by atoms with Crippen molar-refractivity contribution < 1.29 is 4.79 Å². The molecule has 29 heavy (non-hydrogen) atoms. The molecule has 0 bridgehead atoms. The fraction of sp³-hybridized carbons (Fsp3) is 0.348. The summed E-state index contributed by atoms with van der Waals surface area (Å²) in [5, 5.41) is 4.22. The topological polar surface area (TPSA) is 58.1 Å². The lowest BCUT2D eigenvalue weighted by molar-refractivity contribution is 0.0712. The molecule has 6 heteroatoms. The third-order valence-electron chi connectivity index (χ3n) is 5.78. The van der Waals surface area contributed by atoms with Gasteiger partial charge in [0.15, 0.2) is 0 Å². The molecule has 1 saturated heterocycles. The number of carbonyl (C=O) groups excluding carboxylic acids is 1. The zero-order valence-electron chi connectivity index (χ0n) is 16.1. The van der Waals surface area contributed by atoms with Crippen LogP contribution in [0.3, 0.4) is 0 Å². The van der Waals surface area contributed by atoms with E-state index in [1.165, 1.54) is 12.8 Å². The molecule has 0 atom stereocenters. The molecule has 0 radical (unpaired) electrons. The molecule has 2 aromatic carbocycles. The minimum Gasteiger partial charge on any atom is -0.366 e. The molecule has 2 aliphatic rings. The smallest absolute Gasteiger partial charge is 0.253 e. The highest BCUT2D eigenvalue weighted by atomic mass is 35.5. The number of carbonyl (C=O) groups is 1. The SMILES string of the molecule is O=C(c1ccc(Cl)cc1)N1CCC(c2nc3ccccc3nc2NC2CC2)CC1. The number of hydrogen-bond acceptors (Lipinski definition) is 4. The van der Waals surface area contributed by atoms with Crippen molar-refractivity contribution in [2.24, 2.45) is 0 Å². The van der Waals surface area contributed by atoms with Gasteiger partial charge < -0.3 is 10.2 Å². The fourth-order valence-electron chi connectivity index (χ4n) is 3.96. The summed E-state index contributed by atoms with van der Waals surface area (Å²) in [5.74, 6) is 1.30. The lowest BCUT2D eigenvalue weighted by atomic mass is 9.92. The van der Waals surface area contributed by atoms with Crippen LogP contribution < -0.4 is 5.32 Å². The van der Waals surface area contributed by atoms with Gasteiger partial charge in [-0.15, -0.1) is 0 Å². The maximum absolute atomic E-state index is 12.8. The Morgan fingerprint density at radius 3 is 2.24 bits per heavy atom. The molecule has 2 fully saturated rings. The number of hydrogen-bond donors (Lipinski definition) is 1. The monoisotopic (exact) mass is 406 g/mol. The van der Waals surface area contributed by atoms with Crippen LogP contribution in [0.1, 0.15) is 47.7 Å². The van der Waals surface area contributed by atoms with E-state index in [1.54, 1.807) is 24.3 Å². The number of halogens is 1. The van der Waals surface area contributed by atoms with Gasteiger partial charge in [0.25, 0.3) is 5.91 Å². The van der Waals surface area contributed by atoms with Crippen LogP contribution in [0.4, 0.5) is 5.82 Å². The number of para-hydroxylation sites is 2. The van der Waals surface area contributed by atoms with Gasteiger partial charge in [-0.3, -0.25) is 4.79 Å². The van der Waals surface area contributed by atoms with Crippen LogP contribution in [0.25, 0.3) is 11.0 Å². The van der Waals surface area contributed by atoms with Gasteiger partial charge in [-0.05, 0) is 62.1 Å². The molecule has 1 aliphatic heterocycles. The average Bonchev–Trinajstić information content (AvgIpc) is 3.57. The zero-order valence-corrected chi connectivity index (χ0v) is 16.9. The first-order valence-corrected chi connectivity index (χ1v) is 10.6. The predicted octanol–water partition coefficient (Wildman–Crippen LogP) is 4.88. The second-order valence-electron chi connectivity index (χ2n) is 7.94. The highest BCUT2D eigenvalue weighted by molar-refractivity contribution is 6.30. The molecule has 2 heterocycles. The van der Waals surface area contributed by atoms with E-state index in [2.05, 4.69) is 5.32 Å². The first kappa shape index (κ1) is 18.4. The Bertz CT molecular complexity index is 1040. The van der Waals surface area contributed by atoms with E-state index in [0.717, 1.165) is 48.5 Å². The van der Waals surface area contributed by atoms with Gasteiger partial charge in [-0.2, -0.15) is 0 Å². The van der Waals surface area contributed by atoms with Crippen LogP contribution in [-0.2, 0) is 0 Å². The highest BCUT2D eigenvalue weighted by Crippen LogP contribution is 2.35. The van der Waals surface area contributed by atoms with Crippen molar-refractivity contribution in [2.45, 2.75) is 37.6 Å². The molecule has 1 N–H and O–H groups in total. The summed E-state index contributed by atoms with van der Waals surface area (Å²) in [6.07, 6.45) is 4.18. The first-order chi connectivity index (χ1) is 14.2.